The molecule has 0 aliphatic heterocycles. The first kappa shape index (κ1) is 30.7. The number of hydrogen-bond donors (Lipinski definition) is 0. The van der Waals surface area contributed by atoms with E-state index < -0.39 is 0 Å². The number of nitrogens with zero attached hydrogens (tertiary/aromatic N) is 4. The first-order valence-electron chi connectivity index (χ1n) is 15.4. The van der Waals surface area contributed by atoms with Crippen LogP contribution in [0.25, 0.3) is 0 Å². The van der Waals surface area contributed by atoms with E-state index >= 15 is 0 Å². The number of hydrogen-bond acceptors (Lipinski definition) is 4. The van der Waals surface area contributed by atoms with Crippen molar-refractivity contribution in [3.05, 3.63) is 153 Å². The summed E-state index contributed by atoms with van der Waals surface area (Å²) >= 11 is 0. The third kappa shape index (κ3) is 6.75. The van der Waals surface area contributed by atoms with Crippen molar-refractivity contribution < 1.29 is 0 Å². The Kier molecular flexibility index (Phi) is 9.29. The van der Waals surface area contributed by atoms with E-state index in [1.807, 2.05) is 62.6 Å². The van der Waals surface area contributed by atoms with Crippen LogP contribution in [-0.2, 0) is 0 Å². The van der Waals surface area contributed by atoms with Gasteiger partial charge in [-0.1, -0.05) is 74.5 Å². The molecule has 4 nitrogen and oxygen atoms in total. The van der Waals surface area contributed by atoms with E-state index in [9.17, 15) is 0 Å². The Hall–Kier alpha value is -4.70. The fraction of sp³-hybridized carbons (Fsp3) is 0.250. The predicted molar refractivity (Wildman–Crippen MR) is 186 cm³/mol. The molecule has 2 heterocycles. The molecule has 2 aromatic heterocycles. The van der Waals surface area contributed by atoms with Gasteiger partial charge in [-0.2, -0.15) is 0 Å². The maximum absolute atomic E-state index is 5.03. The minimum atomic E-state index is 0.0656. The SMILES string of the molecule is CC(=Nc1c(C)cc(C(c2ccc(C(C)C)cc2)c2cc(C)c(N=C(C)c3ccccn3)c(C)c2)cc1C)c1ccccn1. The Balaban J connectivity index is 1.61. The Morgan fingerprint density at radius 1 is 0.523 bits per heavy atom. The first-order chi connectivity index (χ1) is 21.1. The molecule has 0 aliphatic rings. The van der Waals surface area contributed by atoms with Gasteiger partial charge in [0.2, 0.25) is 0 Å². The van der Waals surface area contributed by atoms with Crippen LogP contribution < -0.4 is 0 Å². The Morgan fingerprint density at radius 2 is 0.909 bits per heavy atom. The van der Waals surface area contributed by atoms with Crippen molar-refractivity contribution in [1.29, 1.82) is 0 Å². The summed E-state index contributed by atoms with van der Waals surface area (Å²) < 4.78 is 0. The summed E-state index contributed by atoms with van der Waals surface area (Å²) in [5.41, 5.74) is 15.4. The van der Waals surface area contributed by atoms with E-state index in [4.69, 9.17) is 9.98 Å². The highest BCUT2D eigenvalue weighted by Gasteiger charge is 2.21. The zero-order valence-corrected chi connectivity index (χ0v) is 27.2. The average molecular weight is 579 g/mol. The molecule has 0 saturated carbocycles. The maximum Gasteiger partial charge on any atom is 0.0841 e. The van der Waals surface area contributed by atoms with Gasteiger partial charge in [0, 0.05) is 18.3 Å². The topological polar surface area (TPSA) is 50.5 Å². The Labute approximate surface area is 262 Å². The molecule has 4 heteroatoms. The Morgan fingerprint density at radius 3 is 1.25 bits per heavy atom. The van der Waals surface area contributed by atoms with Crippen LogP contribution in [0.4, 0.5) is 11.4 Å². The molecule has 0 unspecified atom stereocenters. The van der Waals surface area contributed by atoms with Gasteiger partial charge in [0.15, 0.2) is 0 Å². The minimum absolute atomic E-state index is 0.0656. The monoisotopic (exact) mass is 578 g/mol. The largest absolute Gasteiger partial charge is 0.255 e. The third-order valence-corrected chi connectivity index (χ3v) is 8.26. The quantitative estimate of drug-likeness (QED) is 0.136. The standard InChI is InChI=1S/C40H42N4/c1-25(2)32-15-17-33(18-16-32)38(34-21-26(3)39(27(4)22-34)43-30(7)36-13-9-11-19-41-36)35-23-28(5)40(29(6)24-35)44-31(8)37-14-10-12-20-42-37/h9-25,38H,1-8H3. The maximum atomic E-state index is 5.03. The number of aryl methyl sites for hydroxylation is 4. The van der Waals surface area contributed by atoms with Crippen molar-refractivity contribution in [3.8, 4) is 0 Å². The molecular weight excluding hydrogens is 536 g/mol. The number of pyridine rings is 2. The van der Waals surface area contributed by atoms with E-state index in [-0.39, 0.29) is 5.92 Å². The number of rotatable bonds is 8. The van der Waals surface area contributed by atoms with Crippen LogP contribution in [0.5, 0.6) is 0 Å². The summed E-state index contributed by atoms with van der Waals surface area (Å²) in [6, 6.07) is 30.2. The van der Waals surface area contributed by atoms with Crippen molar-refractivity contribution >= 4 is 22.8 Å². The summed E-state index contributed by atoms with van der Waals surface area (Å²) in [5.74, 6) is 0.548. The highest BCUT2D eigenvalue weighted by atomic mass is 14.8. The van der Waals surface area contributed by atoms with Crippen molar-refractivity contribution in [1.82, 2.24) is 9.97 Å². The van der Waals surface area contributed by atoms with Gasteiger partial charge in [-0.05, 0) is 116 Å². The van der Waals surface area contributed by atoms with Crippen molar-refractivity contribution in [2.45, 2.75) is 67.2 Å². The molecule has 0 atom stereocenters. The number of benzene rings is 3. The van der Waals surface area contributed by atoms with Gasteiger partial charge >= 0.3 is 0 Å². The lowest BCUT2D eigenvalue weighted by Gasteiger charge is -2.23. The van der Waals surface area contributed by atoms with Crippen LogP contribution in [0.15, 0.2) is 107 Å². The molecule has 0 spiro atoms. The molecule has 0 radical (unpaired) electrons. The first-order valence-corrected chi connectivity index (χ1v) is 15.4. The van der Waals surface area contributed by atoms with Crippen LogP contribution in [0.3, 0.4) is 0 Å². The normalized spacial score (nSPS) is 12.9. The van der Waals surface area contributed by atoms with Crippen LogP contribution in [0, 0.1) is 27.7 Å². The summed E-state index contributed by atoms with van der Waals surface area (Å²) in [4.78, 5) is 19.1. The Bertz CT molecular complexity index is 1660. The molecule has 44 heavy (non-hydrogen) atoms. The lowest BCUT2D eigenvalue weighted by Crippen LogP contribution is -2.07. The van der Waals surface area contributed by atoms with Gasteiger partial charge in [0.1, 0.15) is 0 Å². The van der Waals surface area contributed by atoms with Crippen LogP contribution in [-0.4, -0.2) is 21.4 Å². The number of aliphatic imine (C=N–C) groups is 2. The van der Waals surface area contributed by atoms with Gasteiger partial charge in [-0.3, -0.25) is 20.0 Å². The van der Waals surface area contributed by atoms with Gasteiger partial charge in [-0.25, -0.2) is 0 Å². The molecule has 5 aromatic rings. The second-order valence-electron chi connectivity index (χ2n) is 12.1. The third-order valence-electron chi connectivity index (χ3n) is 8.26. The van der Waals surface area contributed by atoms with E-state index in [0.29, 0.717) is 5.92 Å². The second kappa shape index (κ2) is 13.3. The molecule has 3 aromatic carbocycles. The van der Waals surface area contributed by atoms with E-state index in [2.05, 4.69) is 100 Å². The van der Waals surface area contributed by atoms with Crippen molar-refractivity contribution in [2.75, 3.05) is 0 Å². The van der Waals surface area contributed by atoms with Gasteiger partial charge in [-0.15, -0.1) is 0 Å². The fourth-order valence-electron chi connectivity index (χ4n) is 5.92. The predicted octanol–water partition coefficient (Wildman–Crippen LogP) is 10.3. The molecule has 0 amide bonds. The second-order valence-corrected chi connectivity index (χ2v) is 12.1. The smallest absolute Gasteiger partial charge is 0.0841 e. The van der Waals surface area contributed by atoms with Crippen LogP contribution in [0.2, 0.25) is 0 Å². The molecule has 0 aliphatic carbocycles. The van der Waals surface area contributed by atoms with Crippen molar-refractivity contribution in [2.24, 2.45) is 9.98 Å². The zero-order valence-electron chi connectivity index (χ0n) is 27.2. The lowest BCUT2D eigenvalue weighted by atomic mass is 9.81. The summed E-state index contributed by atoms with van der Waals surface area (Å²) in [7, 11) is 0. The highest BCUT2D eigenvalue weighted by molar-refractivity contribution is 5.99. The minimum Gasteiger partial charge on any atom is -0.255 e. The summed E-state index contributed by atoms with van der Waals surface area (Å²) in [6.45, 7) is 17.2. The van der Waals surface area contributed by atoms with E-state index in [1.165, 1.54) is 22.3 Å². The molecule has 0 fully saturated rings. The lowest BCUT2D eigenvalue weighted by molar-refractivity contribution is 0.862. The van der Waals surface area contributed by atoms with Crippen LogP contribution >= 0.6 is 0 Å². The molecule has 222 valence electrons. The highest BCUT2D eigenvalue weighted by Crippen LogP contribution is 2.39. The van der Waals surface area contributed by atoms with E-state index in [1.54, 1.807) is 0 Å². The van der Waals surface area contributed by atoms with Crippen LogP contribution in [0.1, 0.15) is 95.4 Å². The molecular formula is C40H42N4. The average Bonchev–Trinajstić information content (AvgIpc) is 3.02. The van der Waals surface area contributed by atoms with Gasteiger partial charge in [0.25, 0.3) is 0 Å². The zero-order chi connectivity index (χ0) is 31.4. The fourth-order valence-corrected chi connectivity index (χ4v) is 5.92. The van der Waals surface area contributed by atoms with E-state index in [0.717, 1.165) is 56.4 Å². The summed E-state index contributed by atoms with van der Waals surface area (Å²) in [6.07, 6.45) is 3.62. The molecule has 0 N–H and O–H groups in total. The number of aromatic nitrogens is 2. The molecule has 0 saturated heterocycles. The van der Waals surface area contributed by atoms with Gasteiger partial charge < -0.3 is 0 Å². The van der Waals surface area contributed by atoms with Gasteiger partial charge in [0.05, 0.1) is 34.2 Å². The molecule has 0 bridgehead atoms. The summed E-state index contributed by atoms with van der Waals surface area (Å²) in [5, 5.41) is 0. The van der Waals surface area contributed by atoms with Crippen molar-refractivity contribution in [3.63, 3.8) is 0 Å². The molecule has 5 rings (SSSR count).